The van der Waals surface area contributed by atoms with Crippen LogP contribution in [0.4, 0.5) is 0 Å². The summed E-state index contributed by atoms with van der Waals surface area (Å²) >= 11 is 0. The van der Waals surface area contributed by atoms with Gasteiger partial charge in [-0.2, -0.15) is 5.10 Å². The van der Waals surface area contributed by atoms with E-state index in [0.717, 1.165) is 5.56 Å². The molecule has 0 saturated heterocycles. The summed E-state index contributed by atoms with van der Waals surface area (Å²) in [6, 6.07) is 0. The Hall–Kier alpha value is -1.62. The van der Waals surface area contributed by atoms with E-state index in [1.54, 1.807) is 30.9 Å². The lowest BCUT2D eigenvalue weighted by Gasteiger charge is -2.21. The molecule has 0 unspecified atom stereocenters. The van der Waals surface area contributed by atoms with Gasteiger partial charge in [0.25, 0.3) is 0 Å². The van der Waals surface area contributed by atoms with Crippen LogP contribution in [0.25, 0.3) is 6.20 Å². The number of carbonyl (C=O) groups excluding carboxylic acids is 1. The van der Waals surface area contributed by atoms with Gasteiger partial charge in [-0.1, -0.05) is 6.58 Å². The maximum absolute atomic E-state index is 11.0. The lowest BCUT2D eigenvalue weighted by Crippen LogP contribution is -2.50. The van der Waals surface area contributed by atoms with E-state index in [-0.39, 0.29) is 5.91 Å². The van der Waals surface area contributed by atoms with E-state index in [0.29, 0.717) is 6.54 Å². The van der Waals surface area contributed by atoms with Crippen molar-refractivity contribution in [1.29, 1.82) is 0 Å². The molecular formula is C10H16N4O. The van der Waals surface area contributed by atoms with Crippen LogP contribution in [0, 0.1) is 0 Å². The molecule has 0 atom stereocenters. The molecule has 15 heavy (non-hydrogen) atoms. The Bertz CT molecular complexity index is 367. The first-order chi connectivity index (χ1) is 6.95. The fraction of sp³-hybridized carbons (Fsp3) is 0.400. The zero-order valence-corrected chi connectivity index (χ0v) is 9.03. The summed E-state index contributed by atoms with van der Waals surface area (Å²) in [4.78, 5) is 11.0. The standard InChI is InChI=1S/C10H16N4O/c1-4-14-7-8(6-13-14)5-12-10(2,3)9(11)15/h4,6-7,12H,1,5H2,2-3H3,(H2,11,15). The molecule has 0 aliphatic heterocycles. The number of primary amides is 1. The number of aromatic nitrogens is 2. The predicted octanol–water partition coefficient (Wildman–Crippen LogP) is 0.337. The lowest BCUT2D eigenvalue weighted by molar-refractivity contribution is -0.123. The highest BCUT2D eigenvalue weighted by Gasteiger charge is 2.23. The molecule has 1 amide bonds. The minimum atomic E-state index is -0.712. The average molecular weight is 208 g/mol. The average Bonchev–Trinajstić information content (AvgIpc) is 2.62. The van der Waals surface area contributed by atoms with Crippen LogP contribution in [-0.4, -0.2) is 21.2 Å². The van der Waals surface area contributed by atoms with Gasteiger partial charge in [-0.05, 0) is 13.8 Å². The Labute approximate surface area is 89.0 Å². The predicted molar refractivity (Wildman–Crippen MR) is 58.7 cm³/mol. The maximum Gasteiger partial charge on any atom is 0.237 e. The maximum atomic E-state index is 11.0. The van der Waals surface area contributed by atoms with Crippen molar-refractivity contribution in [2.75, 3.05) is 0 Å². The van der Waals surface area contributed by atoms with Gasteiger partial charge in [-0.3, -0.25) is 10.1 Å². The third-order valence-corrected chi connectivity index (χ3v) is 2.19. The van der Waals surface area contributed by atoms with Crippen LogP contribution < -0.4 is 11.1 Å². The molecule has 1 aromatic heterocycles. The van der Waals surface area contributed by atoms with Crippen LogP contribution in [0.1, 0.15) is 19.4 Å². The van der Waals surface area contributed by atoms with Crippen LogP contribution in [-0.2, 0) is 11.3 Å². The molecular weight excluding hydrogens is 192 g/mol. The molecule has 1 heterocycles. The van der Waals surface area contributed by atoms with Gasteiger partial charge in [-0.15, -0.1) is 0 Å². The molecule has 0 aliphatic carbocycles. The third kappa shape index (κ3) is 2.92. The van der Waals surface area contributed by atoms with Crippen LogP contribution in [0.3, 0.4) is 0 Å². The highest BCUT2D eigenvalue weighted by atomic mass is 16.1. The molecule has 3 N–H and O–H groups in total. The number of carbonyl (C=O) groups is 1. The number of amides is 1. The summed E-state index contributed by atoms with van der Waals surface area (Å²) in [5.41, 5.74) is 5.49. The van der Waals surface area contributed by atoms with Crippen molar-refractivity contribution in [1.82, 2.24) is 15.1 Å². The second-order valence-corrected chi connectivity index (χ2v) is 3.85. The molecule has 82 valence electrons. The SMILES string of the molecule is C=Cn1cc(CNC(C)(C)C(N)=O)cn1. The highest BCUT2D eigenvalue weighted by Crippen LogP contribution is 2.04. The van der Waals surface area contributed by atoms with Crippen molar-refractivity contribution >= 4 is 12.1 Å². The minimum absolute atomic E-state index is 0.376. The molecule has 1 aromatic rings. The first-order valence-corrected chi connectivity index (χ1v) is 4.66. The summed E-state index contributed by atoms with van der Waals surface area (Å²) in [6.07, 6.45) is 5.14. The number of hydrogen-bond donors (Lipinski definition) is 2. The van der Waals surface area contributed by atoms with E-state index in [1.807, 2.05) is 6.20 Å². The molecule has 0 aliphatic rings. The van der Waals surface area contributed by atoms with Crippen molar-refractivity contribution in [2.45, 2.75) is 25.9 Å². The van der Waals surface area contributed by atoms with E-state index in [4.69, 9.17) is 5.73 Å². The Morgan fingerprint density at radius 1 is 1.80 bits per heavy atom. The zero-order chi connectivity index (χ0) is 11.5. The largest absolute Gasteiger partial charge is 0.368 e. The molecule has 0 radical (unpaired) electrons. The molecule has 1 rings (SSSR count). The molecule has 0 bridgehead atoms. The normalized spacial score (nSPS) is 11.3. The van der Waals surface area contributed by atoms with Gasteiger partial charge < -0.3 is 5.73 Å². The van der Waals surface area contributed by atoms with E-state index < -0.39 is 5.54 Å². The summed E-state index contributed by atoms with van der Waals surface area (Å²) < 4.78 is 1.61. The summed E-state index contributed by atoms with van der Waals surface area (Å²) in [6.45, 7) is 7.62. The highest BCUT2D eigenvalue weighted by molar-refractivity contribution is 5.83. The molecule has 0 spiro atoms. The number of nitrogens with two attached hydrogens (primary N) is 1. The lowest BCUT2D eigenvalue weighted by atomic mass is 10.1. The van der Waals surface area contributed by atoms with E-state index in [1.165, 1.54) is 0 Å². The summed E-state index contributed by atoms with van der Waals surface area (Å²) in [5, 5.41) is 7.07. The number of rotatable bonds is 5. The Kier molecular flexibility index (Phi) is 3.26. The van der Waals surface area contributed by atoms with Crippen molar-refractivity contribution in [3.8, 4) is 0 Å². The summed E-state index contributed by atoms with van der Waals surface area (Å²) in [7, 11) is 0. The molecule has 0 aromatic carbocycles. The Morgan fingerprint density at radius 3 is 2.93 bits per heavy atom. The van der Waals surface area contributed by atoms with Gasteiger partial charge in [0.1, 0.15) is 0 Å². The fourth-order valence-electron chi connectivity index (χ4n) is 0.979. The van der Waals surface area contributed by atoms with Gasteiger partial charge >= 0.3 is 0 Å². The monoisotopic (exact) mass is 208 g/mol. The quantitative estimate of drug-likeness (QED) is 0.732. The van der Waals surface area contributed by atoms with Crippen LogP contribution in [0.5, 0.6) is 0 Å². The smallest absolute Gasteiger partial charge is 0.237 e. The molecule has 5 nitrogen and oxygen atoms in total. The third-order valence-electron chi connectivity index (χ3n) is 2.19. The van der Waals surface area contributed by atoms with E-state index in [2.05, 4.69) is 17.0 Å². The first kappa shape index (κ1) is 11.5. The second-order valence-electron chi connectivity index (χ2n) is 3.85. The van der Waals surface area contributed by atoms with Crippen molar-refractivity contribution in [2.24, 2.45) is 5.73 Å². The number of nitrogens with zero attached hydrogens (tertiary/aromatic N) is 2. The number of hydrogen-bond acceptors (Lipinski definition) is 3. The summed E-state index contributed by atoms with van der Waals surface area (Å²) in [5.74, 6) is -0.376. The number of nitrogens with one attached hydrogen (secondary N) is 1. The van der Waals surface area contributed by atoms with Crippen LogP contribution >= 0.6 is 0 Å². The van der Waals surface area contributed by atoms with Gasteiger partial charge in [-0.25, -0.2) is 4.68 Å². The first-order valence-electron chi connectivity index (χ1n) is 4.66. The van der Waals surface area contributed by atoms with Gasteiger partial charge in [0.05, 0.1) is 11.7 Å². The molecule has 5 heteroatoms. The zero-order valence-electron chi connectivity index (χ0n) is 9.03. The van der Waals surface area contributed by atoms with Gasteiger partial charge in [0.15, 0.2) is 0 Å². The fourth-order valence-corrected chi connectivity index (χ4v) is 0.979. The topological polar surface area (TPSA) is 72.9 Å². The van der Waals surface area contributed by atoms with Gasteiger partial charge in [0.2, 0.25) is 5.91 Å². The van der Waals surface area contributed by atoms with E-state index in [9.17, 15) is 4.79 Å². The van der Waals surface area contributed by atoms with Gasteiger partial charge in [0, 0.05) is 24.5 Å². The second kappa shape index (κ2) is 4.27. The van der Waals surface area contributed by atoms with Crippen LogP contribution in [0.2, 0.25) is 0 Å². The van der Waals surface area contributed by atoms with Crippen molar-refractivity contribution in [3.05, 3.63) is 24.5 Å². The molecule has 0 saturated carbocycles. The van der Waals surface area contributed by atoms with E-state index >= 15 is 0 Å². The Balaban J connectivity index is 2.57. The van der Waals surface area contributed by atoms with Crippen molar-refractivity contribution in [3.63, 3.8) is 0 Å². The van der Waals surface area contributed by atoms with Crippen molar-refractivity contribution < 1.29 is 4.79 Å². The Morgan fingerprint density at radius 2 is 2.47 bits per heavy atom. The minimum Gasteiger partial charge on any atom is -0.368 e. The van der Waals surface area contributed by atoms with Crippen LogP contribution in [0.15, 0.2) is 19.0 Å². The molecule has 0 fully saturated rings.